The average Bonchev–Trinajstić information content (AvgIpc) is 2.70. The van der Waals surface area contributed by atoms with Gasteiger partial charge in [-0.1, -0.05) is 6.07 Å². The van der Waals surface area contributed by atoms with E-state index in [1.807, 2.05) is 6.92 Å². The van der Waals surface area contributed by atoms with E-state index >= 15 is 0 Å². The summed E-state index contributed by atoms with van der Waals surface area (Å²) in [6.45, 7) is 1.56. The molecule has 0 saturated heterocycles. The highest BCUT2D eigenvalue weighted by molar-refractivity contribution is 7.93. The van der Waals surface area contributed by atoms with Gasteiger partial charge < -0.3 is 24.6 Å². The summed E-state index contributed by atoms with van der Waals surface area (Å²) >= 11 is 0. The van der Waals surface area contributed by atoms with Gasteiger partial charge in [0, 0.05) is 5.41 Å². The number of methoxy groups -OCH3 is 3. The van der Waals surface area contributed by atoms with Crippen LogP contribution in [0.5, 0.6) is 17.2 Å². The minimum Gasteiger partial charge on any atom is -0.496 e. The predicted molar refractivity (Wildman–Crippen MR) is 115 cm³/mol. The van der Waals surface area contributed by atoms with E-state index in [4.69, 9.17) is 19.3 Å². The van der Waals surface area contributed by atoms with Gasteiger partial charge >= 0.3 is 5.97 Å². The summed E-state index contributed by atoms with van der Waals surface area (Å²) in [7, 11) is 0.816. The Balaban J connectivity index is 2.29. The van der Waals surface area contributed by atoms with Gasteiger partial charge in [0.25, 0.3) is 0 Å². The summed E-state index contributed by atoms with van der Waals surface area (Å²) < 4.78 is 41.2. The van der Waals surface area contributed by atoms with Crippen LogP contribution in [0.25, 0.3) is 6.08 Å². The number of benzene rings is 2. The normalized spacial score (nSPS) is 11.3. The first-order valence-corrected chi connectivity index (χ1v) is 10.7. The Bertz CT molecular complexity index is 1020. The van der Waals surface area contributed by atoms with Crippen molar-refractivity contribution in [2.24, 2.45) is 0 Å². The van der Waals surface area contributed by atoms with Crippen LogP contribution in [0.1, 0.15) is 16.7 Å². The SMILES string of the molecule is COc1ccc(CS(=O)(=O)/C=C/c2c(OC)cc(C)cc2OC)cc1NCC(=O)O. The van der Waals surface area contributed by atoms with Crippen molar-refractivity contribution in [1.29, 1.82) is 0 Å². The molecule has 0 atom stereocenters. The van der Waals surface area contributed by atoms with E-state index in [1.54, 1.807) is 30.3 Å². The second-order valence-corrected chi connectivity index (χ2v) is 8.36. The molecule has 0 aliphatic rings. The van der Waals surface area contributed by atoms with Gasteiger partial charge in [0.05, 0.1) is 38.3 Å². The molecule has 0 fully saturated rings. The maximum atomic E-state index is 12.7. The highest BCUT2D eigenvalue weighted by Crippen LogP contribution is 2.32. The number of rotatable bonds is 10. The maximum absolute atomic E-state index is 12.7. The zero-order valence-corrected chi connectivity index (χ0v) is 18.1. The fourth-order valence-electron chi connectivity index (χ4n) is 2.84. The van der Waals surface area contributed by atoms with Crippen LogP contribution in [-0.4, -0.2) is 47.4 Å². The quantitative estimate of drug-likeness (QED) is 0.586. The lowest BCUT2D eigenvalue weighted by molar-refractivity contribution is -0.134. The first kappa shape index (κ1) is 23.1. The number of hydrogen-bond donors (Lipinski definition) is 2. The van der Waals surface area contributed by atoms with E-state index in [2.05, 4.69) is 5.32 Å². The zero-order chi connectivity index (χ0) is 22.3. The number of carbonyl (C=O) groups is 1. The summed E-state index contributed by atoms with van der Waals surface area (Å²) in [5.41, 5.74) is 2.32. The van der Waals surface area contributed by atoms with Gasteiger partial charge in [0.1, 0.15) is 23.8 Å². The summed E-state index contributed by atoms with van der Waals surface area (Å²) in [4.78, 5) is 10.8. The molecule has 0 aliphatic heterocycles. The van der Waals surface area contributed by atoms with Crippen LogP contribution < -0.4 is 19.5 Å². The third kappa shape index (κ3) is 6.15. The number of hydrogen-bond acceptors (Lipinski definition) is 7. The molecule has 8 nitrogen and oxygen atoms in total. The van der Waals surface area contributed by atoms with E-state index in [0.717, 1.165) is 11.0 Å². The lowest BCUT2D eigenvalue weighted by atomic mass is 10.1. The van der Waals surface area contributed by atoms with Gasteiger partial charge in [0.15, 0.2) is 9.84 Å². The van der Waals surface area contributed by atoms with Crippen LogP contribution in [0.4, 0.5) is 5.69 Å². The van der Waals surface area contributed by atoms with Crippen molar-refractivity contribution in [3.05, 3.63) is 52.4 Å². The van der Waals surface area contributed by atoms with Crippen molar-refractivity contribution in [2.75, 3.05) is 33.2 Å². The molecule has 2 N–H and O–H groups in total. The maximum Gasteiger partial charge on any atom is 0.322 e. The van der Waals surface area contributed by atoms with Gasteiger partial charge in [-0.2, -0.15) is 0 Å². The second kappa shape index (κ2) is 10.0. The van der Waals surface area contributed by atoms with Crippen LogP contribution in [-0.2, 0) is 20.4 Å². The number of carboxylic acids is 1. The zero-order valence-electron chi connectivity index (χ0n) is 17.3. The number of aliphatic carboxylic acids is 1. The fraction of sp³-hybridized carbons (Fsp3) is 0.286. The highest BCUT2D eigenvalue weighted by atomic mass is 32.2. The van der Waals surface area contributed by atoms with Gasteiger partial charge in [-0.05, 0) is 48.4 Å². The molecule has 0 aliphatic carbocycles. The van der Waals surface area contributed by atoms with Crippen molar-refractivity contribution in [3.63, 3.8) is 0 Å². The van der Waals surface area contributed by atoms with Crippen molar-refractivity contribution >= 4 is 27.6 Å². The lowest BCUT2D eigenvalue weighted by Gasteiger charge is -2.12. The molecule has 2 aromatic carbocycles. The molecule has 162 valence electrons. The second-order valence-electron chi connectivity index (χ2n) is 6.47. The van der Waals surface area contributed by atoms with Crippen molar-refractivity contribution < 1.29 is 32.5 Å². The van der Waals surface area contributed by atoms with E-state index in [9.17, 15) is 13.2 Å². The lowest BCUT2D eigenvalue weighted by Crippen LogP contribution is -2.13. The molecule has 0 aromatic heterocycles. The molecule has 0 heterocycles. The van der Waals surface area contributed by atoms with Gasteiger partial charge in [-0.15, -0.1) is 0 Å². The van der Waals surface area contributed by atoms with E-state index in [-0.39, 0.29) is 12.3 Å². The van der Waals surface area contributed by atoms with Crippen molar-refractivity contribution in [1.82, 2.24) is 0 Å². The van der Waals surface area contributed by atoms with Crippen molar-refractivity contribution in [2.45, 2.75) is 12.7 Å². The molecule has 9 heteroatoms. The number of ether oxygens (including phenoxy) is 3. The van der Waals surface area contributed by atoms with E-state index in [1.165, 1.54) is 27.4 Å². The minimum absolute atomic E-state index is 0.272. The van der Waals surface area contributed by atoms with E-state index < -0.39 is 15.8 Å². The summed E-state index contributed by atoms with van der Waals surface area (Å²) in [5.74, 6) is 0.109. The monoisotopic (exact) mass is 435 g/mol. The Labute approximate surface area is 176 Å². The molecule has 0 spiro atoms. The Morgan fingerprint density at radius 3 is 2.17 bits per heavy atom. The Kier molecular flexibility index (Phi) is 7.71. The average molecular weight is 435 g/mol. The van der Waals surface area contributed by atoms with Crippen LogP contribution >= 0.6 is 0 Å². The smallest absolute Gasteiger partial charge is 0.322 e. The van der Waals surface area contributed by atoms with E-state index in [0.29, 0.717) is 34.1 Å². The first-order chi connectivity index (χ1) is 14.2. The number of anilines is 1. The molecular weight excluding hydrogens is 410 g/mol. The summed E-state index contributed by atoms with van der Waals surface area (Å²) in [6.07, 6.45) is 1.44. The number of nitrogens with one attached hydrogen (secondary N) is 1. The third-order valence-corrected chi connectivity index (χ3v) is 5.48. The topological polar surface area (TPSA) is 111 Å². The first-order valence-electron chi connectivity index (χ1n) is 8.95. The molecule has 0 unspecified atom stereocenters. The standard InChI is InChI=1S/C21H25NO7S/c1-14-9-19(28-3)16(20(10-14)29-4)7-8-30(25,26)13-15-5-6-18(27-2)17(11-15)22-12-21(23)24/h5-11,22H,12-13H2,1-4H3,(H,23,24)/b8-7+. The Morgan fingerprint density at radius 2 is 1.63 bits per heavy atom. The fourth-order valence-corrected chi connectivity index (χ4v) is 3.92. The molecule has 2 aromatic rings. The van der Waals surface area contributed by atoms with Crippen LogP contribution in [0.15, 0.2) is 35.7 Å². The Morgan fingerprint density at radius 1 is 1.03 bits per heavy atom. The number of carboxylic acid groups (broad SMARTS) is 1. The van der Waals surface area contributed by atoms with Gasteiger partial charge in [-0.25, -0.2) is 8.42 Å². The summed E-state index contributed by atoms with van der Waals surface area (Å²) in [5, 5.41) is 12.7. The van der Waals surface area contributed by atoms with Gasteiger partial charge in [-0.3, -0.25) is 4.79 Å². The van der Waals surface area contributed by atoms with Crippen LogP contribution in [0, 0.1) is 6.92 Å². The number of sulfone groups is 1. The molecule has 0 radical (unpaired) electrons. The third-order valence-electron chi connectivity index (χ3n) is 4.19. The minimum atomic E-state index is -3.64. The predicted octanol–water partition coefficient (Wildman–Crippen LogP) is 3.10. The van der Waals surface area contributed by atoms with Crippen molar-refractivity contribution in [3.8, 4) is 17.2 Å². The molecule has 30 heavy (non-hydrogen) atoms. The van der Waals surface area contributed by atoms with Crippen LogP contribution in [0.2, 0.25) is 0 Å². The van der Waals surface area contributed by atoms with Gasteiger partial charge in [0.2, 0.25) is 0 Å². The number of aryl methyl sites for hydroxylation is 1. The Hall–Kier alpha value is -3.20. The molecular formula is C21H25NO7S. The van der Waals surface area contributed by atoms with Crippen LogP contribution in [0.3, 0.4) is 0 Å². The highest BCUT2D eigenvalue weighted by Gasteiger charge is 2.14. The molecule has 0 saturated carbocycles. The molecule has 0 bridgehead atoms. The molecule has 2 rings (SSSR count). The summed E-state index contributed by atoms with van der Waals surface area (Å²) in [6, 6.07) is 8.34. The largest absolute Gasteiger partial charge is 0.496 e. The molecule has 0 amide bonds.